The predicted molar refractivity (Wildman–Crippen MR) is 78.9 cm³/mol. The van der Waals surface area contributed by atoms with Crippen molar-refractivity contribution in [2.24, 2.45) is 0 Å². The molecule has 0 aliphatic rings. The quantitative estimate of drug-likeness (QED) is 0.672. The molecule has 112 valence electrons. The summed E-state index contributed by atoms with van der Waals surface area (Å²) in [6.45, 7) is 2.96. The van der Waals surface area contributed by atoms with Crippen molar-refractivity contribution in [1.82, 2.24) is 15.5 Å². The molecule has 0 aliphatic carbocycles. The van der Waals surface area contributed by atoms with Gasteiger partial charge in [0.25, 0.3) is 0 Å². The fourth-order valence-corrected chi connectivity index (χ4v) is 1.75. The van der Waals surface area contributed by atoms with E-state index in [1.165, 1.54) is 12.1 Å². The lowest BCUT2D eigenvalue weighted by molar-refractivity contribution is -0.121. The molecule has 0 unspecified atom stereocenters. The Bertz CT molecular complexity index is 393. The van der Waals surface area contributed by atoms with E-state index in [1.54, 1.807) is 12.1 Å². The maximum Gasteiger partial charge on any atom is 0.221 e. The zero-order valence-corrected chi connectivity index (χ0v) is 12.3. The average Bonchev–Trinajstić information content (AvgIpc) is 2.41. The summed E-state index contributed by atoms with van der Waals surface area (Å²) in [5.41, 5.74) is 1.01. The molecule has 0 heterocycles. The van der Waals surface area contributed by atoms with Crippen LogP contribution in [0, 0.1) is 5.82 Å². The van der Waals surface area contributed by atoms with Crippen molar-refractivity contribution in [3.8, 4) is 0 Å². The summed E-state index contributed by atoms with van der Waals surface area (Å²) < 4.78 is 12.7. The summed E-state index contributed by atoms with van der Waals surface area (Å²) in [6.07, 6.45) is 1.42. The Morgan fingerprint density at radius 2 is 1.90 bits per heavy atom. The van der Waals surface area contributed by atoms with Gasteiger partial charge in [-0.15, -0.1) is 0 Å². The van der Waals surface area contributed by atoms with Gasteiger partial charge in [0.15, 0.2) is 0 Å². The molecule has 20 heavy (non-hydrogen) atoms. The molecule has 1 aromatic rings. The van der Waals surface area contributed by atoms with Crippen LogP contribution < -0.4 is 10.6 Å². The highest BCUT2D eigenvalue weighted by atomic mass is 19.1. The zero-order valence-electron chi connectivity index (χ0n) is 12.3. The van der Waals surface area contributed by atoms with Crippen LogP contribution in [0.4, 0.5) is 4.39 Å². The van der Waals surface area contributed by atoms with Gasteiger partial charge in [0.05, 0.1) is 0 Å². The second kappa shape index (κ2) is 9.44. The first-order chi connectivity index (χ1) is 9.58. The van der Waals surface area contributed by atoms with Gasteiger partial charge < -0.3 is 15.5 Å². The normalized spacial score (nSPS) is 10.8. The summed E-state index contributed by atoms with van der Waals surface area (Å²) in [6, 6.07) is 6.36. The number of halogens is 1. The molecule has 0 saturated heterocycles. The Hall–Kier alpha value is -1.46. The number of amides is 1. The molecule has 4 nitrogen and oxygen atoms in total. The fraction of sp³-hybridized carbons (Fsp3) is 0.533. The molecule has 0 bridgehead atoms. The second-order valence-corrected chi connectivity index (χ2v) is 5.06. The minimum absolute atomic E-state index is 0.0652. The number of nitrogens with one attached hydrogen (secondary N) is 2. The third kappa shape index (κ3) is 7.86. The van der Waals surface area contributed by atoms with Gasteiger partial charge in [0.2, 0.25) is 5.91 Å². The topological polar surface area (TPSA) is 44.4 Å². The van der Waals surface area contributed by atoms with Gasteiger partial charge in [-0.05, 0) is 44.8 Å². The molecule has 0 spiro atoms. The van der Waals surface area contributed by atoms with Crippen molar-refractivity contribution in [1.29, 1.82) is 0 Å². The van der Waals surface area contributed by atoms with E-state index < -0.39 is 0 Å². The summed E-state index contributed by atoms with van der Waals surface area (Å²) in [5, 5.41) is 6.06. The number of carbonyl (C=O) groups is 1. The molecule has 2 N–H and O–H groups in total. The van der Waals surface area contributed by atoms with Gasteiger partial charge >= 0.3 is 0 Å². The van der Waals surface area contributed by atoms with E-state index in [9.17, 15) is 9.18 Å². The van der Waals surface area contributed by atoms with Crippen LogP contribution in [-0.4, -0.2) is 44.5 Å². The minimum Gasteiger partial charge on any atom is -0.356 e. The van der Waals surface area contributed by atoms with Gasteiger partial charge in [-0.2, -0.15) is 0 Å². The molecule has 0 atom stereocenters. The van der Waals surface area contributed by atoms with E-state index in [0.717, 1.165) is 25.1 Å². The van der Waals surface area contributed by atoms with Crippen LogP contribution in [0.3, 0.4) is 0 Å². The lowest BCUT2D eigenvalue weighted by Gasteiger charge is -2.10. The smallest absolute Gasteiger partial charge is 0.221 e. The van der Waals surface area contributed by atoms with E-state index >= 15 is 0 Å². The number of nitrogens with zero attached hydrogens (tertiary/aromatic N) is 1. The fourth-order valence-electron chi connectivity index (χ4n) is 1.75. The molecule has 0 aliphatic heterocycles. The maximum atomic E-state index is 12.7. The third-order valence-electron chi connectivity index (χ3n) is 2.88. The number of benzene rings is 1. The molecule has 1 amide bonds. The van der Waals surface area contributed by atoms with Crippen molar-refractivity contribution in [3.05, 3.63) is 35.6 Å². The van der Waals surface area contributed by atoms with E-state index in [-0.39, 0.29) is 11.7 Å². The van der Waals surface area contributed by atoms with Crippen LogP contribution in [0.5, 0.6) is 0 Å². The van der Waals surface area contributed by atoms with Gasteiger partial charge in [-0.3, -0.25) is 4.79 Å². The molecule has 0 aromatic heterocycles. The van der Waals surface area contributed by atoms with Crippen molar-refractivity contribution >= 4 is 5.91 Å². The lowest BCUT2D eigenvalue weighted by atomic mass is 10.2. The van der Waals surface area contributed by atoms with Gasteiger partial charge in [-0.1, -0.05) is 12.1 Å². The van der Waals surface area contributed by atoms with Crippen LogP contribution >= 0.6 is 0 Å². The van der Waals surface area contributed by atoms with Gasteiger partial charge in [0.1, 0.15) is 5.82 Å². The Labute approximate surface area is 120 Å². The first-order valence-corrected chi connectivity index (χ1v) is 6.94. The number of carbonyl (C=O) groups excluding carboxylic acids is 1. The van der Waals surface area contributed by atoms with Crippen LogP contribution in [0.1, 0.15) is 18.4 Å². The molecule has 0 saturated carbocycles. The SMILES string of the molecule is CN(C)CCCNC(=O)CCNCc1ccc(F)cc1. The summed E-state index contributed by atoms with van der Waals surface area (Å²) in [5.74, 6) is -0.166. The van der Waals surface area contributed by atoms with Crippen molar-refractivity contribution in [2.45, 2.75) is 19.4 Å². The molecule has 1 aromatic carbocycles. The van der Waals surface area contributed by atoms with Crippen molar-refractivity contribution < 1.29 is 9.18 Å². The Balaban J connectivity index is 2.03. The highest BCUT2D eigenvalue weighted by Crippen LogP contribution is 2.01. The Morgan fingerprint density at radius 1 is 1.20 bits per heavy atom. The largest absolute Gasteiger partial charge is 0.356 e. The van der Waals surface area contributed by atoms with Crippen LogP contribution in [0.2, 0.25) is 0 Å². The lowest BCUT2D eigenvalue weighted by Crippen LogP contribution is -2.29. The first kappa shape index (κ1) is 16.6. The Morgan fingerprint density at radius 3 is 2.55 bits per heavy atom. The van der Waals surface area contributed by atoms with Crippen LogP contribution in [0.15, 0.2) is 24.3 Å². The van der Waals surface area contributed by atoms with Gasteiger partial charge in [0, 0.05) is 26.1 Å². The molecule has 5 heteroatoms. The Kier molecular flexibility index (Phi) is 7.84. The standard InChI is InChI=1S/C15H24FN3O/c1-19(2)11-3-9-18-15(20)8-10-17-12-13-4-6-14(16)7-5-13/h4-7,17H,3,8-12H2,1-2H3,(H,18,20). The van der Waals surface area contributed by atoms with Crippen LogP contribution in [-0.2, 0) is 11.3 Å². The molecule has 0 fully saturated rings. The molecule has 0 radical (unpaired) electrons. The van der Waals surface area contributed by atoms with E-state index in [1.807, 2.05) is 14.1 Å². The van der Waals surface area contributed by atoms with Crippen molar-refractivity contribution in [2.75, 3.05) is 33.7 Å². The average molecular weight is 281 g/mol. The first-order valence-electron chi connectivity index (χ1n) is 6.94. The molecule has 1 rings (SSSR count). The number of rotatable bonds is 9. The summed E-state index contributed by atoms with van der Waals surface area (Å²) in [7, 11) is 4.03. The number of hydrogen-bond acceptors (Lipinski definition) is 3. The highest BCUT2D eigenvalue weighted by Gasteiger charge is 2.00. The highest BCUT2D eigenvalue weighted by molar-refractivity contribution is 5.75. The summed E-state index contributed by atoms with van der Waals surface area (Å²) >= 11 is 0. The monoisotopic (exact) mass is 281 g/mol. The van der Waals surface area contributed by atoms with Gasteiger partial charge in [-0.25, -0.2) is 4.39 Å². The molecular formula is C15H24FN3O. The maximum absolute atomic E-state index is 12.7. The number of hydrogen-bond donors (Lipinski definition) is 2. The van der Waals surface area contributed by atoms with Crippen LogP contribution in [0.25, 0.3) is 0 Å². The second-order valence-electron chi connectivity index (χ2n) is 5.06. The minimum atomic E-state index is -0.231. The zero-order chi connectivity index (χ0) is 14.8. The predicted octanol–water partition coefficient (Wildman–Crippen LogP) is 1.37. The van der Waals surface area contributed by atoms with Crippen molar-refractivity contribution in [3.63, 3.8) is 0 Å². The van der Waals surface area contributed by atoms with E-state index in [0.29, 0.717) is 19.5 Å². The summed E-state index contributed by atoms with van der Waals surface area (Å²) in [4.78, 5) is 13.6. The van der Waals surface area contributed by atoms with E-state index in [2.05, 4.69) is 15.5 Å². The van der Waals surface area contributed by atoms with E-state index in [4.69, 9.17) is 0 Å². The third-order valence-corrected chi connectivity index (χ3v) is 2.88. The molecular weight excluding hydrogens is 257 g/mol.